The molecule has 0 spiro atoms. The van der Waals surface area contributed by atoms with E-state index in [1.165, 1.54) is 0 Å². The lowest BCUT2D eigenvalue weighted by atomic mass is 9.98. The van der Waals surface area contributed by atoms with Gasteiger partial charge in [-0.1, -0.05) is 0 Å². The largest absolute Gasteiger partial charge is 0.480 e. The summed E-state index contributed by atoms with van der Waals surface area (Å²) in [7, 11) is 1.64. The molecule has 1 saturated heterocycles. The normalized spacial score (nSPS) is 17.6. The van der Waals surface area contributed by atoms with Crippen LogP contribution in [0.15, 0.2) is 0 Å². The van der Waals surface area contributed by atoms with Crippen molar-refractivity contribution in [3.05, 3.63) is 0 Å². The van der Waals surface area contributed by atoms with Gasteiger partial charge in [-0.2, -0.15) is 0 Å². The summed E-state index contributed by atoms with van der Waals surface area (Å²) >= 11 is 0. The number of rotatable bonds is 6. The molecule has 0 radical (unpaired) electrons. The lowest BCUT2D eigenvalue weighted by Gasteiger charge is -2.32. The molecule has 1 heterocycles. The monoisotopic (exact) mass is 287 g/mol. The highest BCUT2D eigenvalue weighted by molar-refractivity contribution is 5.87. The zero-order chi connectivity index (χ0) is 15.1. The van der Waals surface area contributed by atoms with Gasteiger partial charge < -0.3 is 25.8 Å². The molecule has 8 heteroatoms. The Morgan fingerprint density at radius 2 is 2.00 bits per heavy atom. The van der Waals surface area contributed by atoms with Gasteiger partial charge in [0.25, 0.3) is 0 Å². The average Bonchev–Trinajstić information content (AvgIpc) is 2.38. The van der Waals surface area contributed by atoms with Gasteiger partial charge >= 0.3 is 12.0 Å². The van der Waals surface area contributed by atoms with Crippen molar-refractivity contribution in [3.63, 3.8) is 0 Å². The van der Waals surface area contributed by atoms with Crippen LogP contribution in [-0.2, 0) is 14.3 Å². The van der Waals surface area contributed by atoms with Gasteiger partial charge in [-0.25, -0.2) is 9.59 Å². The van der Waals surface area contributed by atoms with Crippen LogP contribution in [-0.4, -0.2) is 60.8 Å². The Morgan fingerprint density at radius 1 is 1.40 bits per heavy atom. The summed E-state index contributed by atoms with van der Waals surface area (Å²) in [5.74, 6) is -1.62. The van der Waals surface area contributed by atoms with Crippen LogP contribution in [0.4, 0.5) is 4.79 Å². The molecule has 0 bridgehead atoms. The number of hydrogen-bond acceptors (Lipinski definition) is 4. The molecule has 3 amide bonds. The first-order valence-electron chi connectivity index (χ1n) is 6.49. The minimum absolute atomic E-state index is 0.415. The molecule has 0 unspecified atom stereocenters. The molecule has 20 heavy (non-hydrogen) atoms. The third-order valence-electron chi connectivity index (χ3n) is 3.31. The van der Waals surface area contributed by atoms with E-state index in [0.29, 0.717) is 25.6 Å². The number of methoxy groups -OCH3 is 1. The maximum Gasteiger partial charge on any atom is 0.326 e. The number of piperidine rings is 1. The minimum atomic E-state index is -1.28. The van der Waals surface area contributed by atoms with Crippen LogP contribution in [0.1, 0.15) is 19.3 Å². The molecule has 114 valence electrons. The first-order chi connectivity index (χ1) is 9.43. The molecule has 1 atom stereocenters. The fraction of sp³-hybridized carbons (Fsp3) is 0.750. The van der Waals surface area contributed by atoms with Gasteiger partial charge in [0.1, 0.15) is 6.04 Å². The molecular weight excluding hydrogens is 266 g/mol. The Balaban J connectivity index is 2.45. The number of carbonyl (C=O) groups is 3. The van der Waals surface area contributed by atoms with Crippen molar-refractivity contribution in [1.82, 2.24) is 10.2 Å². The highest BCUT2D eigenvalue weighted by Crippen LogP contribution is 2.17. The van der Waals surface area contributed by atoms with Crippen molar-refractivity contribution < 1.29 is 24.2 Å². The molecule has 8 nitrogen and oxygen atoms in total. The molecule has 1 aliphatic heterocycles. The van der Waals surface area contributed by atoms with E-state index in [1.807, 2.05) is 0 Å². The first kappa shape index (κ1) is 16.2. The van der Waals surface area contributed by atoms with Gasteiger partial charge in [0, 0.05) is 26.8 Å². The SMILES string of the molecule is COCC1CCN(C(=O)N[C@@H](CC(N)=O)C(=O)O)CC1. The molecule has 1 aliphatic rings. The van der Waals surface area contributed by atoms with E-state index in [2.05, 4.69) is 5.32 Å². The molecule has 0 saturated carbocycles. The van der Waals surface area contributed by atoms with Gasteiger partial charge in [0.2, 0.25) is 5.91 Å². The maximum absolute atomic E-state index is 11.9. The zero-order valence-electron chi connectivity index (χ0n) is 11.5. The van der Waals surface area contributed by atoms with E-state index in [9.17, 15) is 14.4 Å². The fourth-order valence-corrected chi connectivity index (χ4v) is 2.18. The second-order valence-corrected chi connectivity index (χ2v) is 4.90. The van der Waals surface area contributed by atoms with E-state index in [0.717, 1.165) is 12.8 Å². The smallest absolute Gasteiger partial charge is 0.326 e. The lowest BCUT2D eigenvalue weighted by Crippen LogP contribution is -2.51. The van der Waals surface area contributed by atoms with E-state index in [-0.39, 0.29) is 0 Å². The van der Waals surface area contributed by atoms with Crippen molar-refractivity contribution in [3.8, 4) is 0 Å². The van der Waals surface area contributed by atoms with E-state index in [1.54, 1.807) is 12.0 Å². The van der Waals surface area contributed by atoms with E-state index < -0.39 is 30.4 Å². The fourth-order valence-electron chi connectivity index (χ4n) is 2.18. The van der Waals surface area contributed by atoms with E-state index >= 15 is 0 Å². The summed E-state index contributed by atoms with van der Waals surface area (Å²) in [5.41, 5.74) is 4.96. The third-order valence-corrected chi connectivity index (χ3v) is 3.31. The summed E-state index contributed by atoms with van der Waals surface area (Å²) < 4.78 is 5.07. The topological polar surface area (TPSA) is 122 Å². The molecule has 0 aliphatic carbocycles. The number of aliphatic carboxylic acids is 1. The molecule has 1 fully saturated rings. The Labute approximate surface area is 117 Å². The summed E-state index contributed by atoms with van der Waals surface area (Å²) in [6.07, 6.45) is 1.21. The van der Waals surface area contributed by atoms with Gasteiger partial charge in [-0.15, -0.1) is 0 Å². The number of nitrogens with zero attached hydrogens (tertiary/aromatic N) is 1. The van der Waals surface area contributed by atoms with Crippen LogP contribution in [0.3, 0.4) is 0 Å². The highest BCUT2D eigenvalue weighted by Gasteiger charge is 2.27. The van der Waals surface area contributed by atoms with Crippen LogP contribution in [0.25, 0.3) is 0 Å². The number of ether oxygens (including phenoxy) is 1. The Hall–Kier alpha value is -1.83. The van der Waals surface area contributed by atoms with Crippen LogP contribution in [0.5, 0.6) is 0 Å². The molecule has 0 aromatic rings. The van der Waals surface area contributed by atoms with Gasteiger partial charge in [0.05, 0.1) is 6.42 Å². The molecule has 0 aromatic carbocycles. The highest BCUT2D eigenvalue weighted by atomic mass is 16.5. The summed E-state index contributed by atoms with van der Waals surface area (Å²) in [6, 6.07) is -1.76. The number of nitrogens with one attached hydrogen (secondary N) is 1. The number of carboxylic acid groups (broad SMARTS) is 1. The maximum atomic E-state index is 11.9. The van der Waals surface area contributed by atoms with Crippen LogP contribution in [0.2, 0.25) is 0 Å². The second kappa shape index (κ2) is 7.68. The molecular formula is C12H21N3O5. The minimum Gasteiger partial charge on any atom is -0.480 e. The van der Waals surface area contributed by atoms with Crippen LogP contribution in [0, 0.1) is 5.92 Å². The van der Waals surface area contributed by atoms with Crippen molar-refractivity contribution in [1.29, 1.82) is 0 Å². The number of urea groups is 1. The van der Waals surface area contributed by atoms with Crippen molar-refractivity contribution in [2.45, 2.75) is 25.3 Å². The number of primary amides is 1. The van der Waals surface area contributed by atoms with Crippen LogP contribution < -0.4 is 11.1 Å². The van der Waals surface area contributed by atoms with Gasteiger partial charge in [-0.3, -0.25) is 4.79 Å². The van der Waals surface area contributed by atoms with E-state index in [4.69, 9.17) is 15.6 Å². The summed E-state index contributed by atoms with van der Waals surface area (Å²) in [6.45, 7) is 1.75. The number of nitrogens with two attached hydrogens (primary N) is 1. The standard InChI is InChI=1S/C12H21N3O5/c1-20-7-8-2-4-15(5-3-8)12(19)14-9(11(17)18)6-10(13)16/h8-9H,2-7H2,1H3,(H2,13,16)(H,14,19)(H,17,18)/t9-/m0/s1. The quantitative estimate of drug-likeness (QED) is 0.601. The van der Waals surface area contributed by atoms with Crippen molar-refractivity contribution in [2.75, 3.05) is 26.8 Å². The molecule has 4 N–H and O–H groups in total. The lowest BCUT2D eigenvalue weighted by molar-refractivity contribution is -0.141. The van der Waals surface area contributed by atoms with Crippen molar-refractivity contribution >= 4 is 17.9 Å². The second-order valence-electron chi connectivity index (χ2n) is 4.90. The summed E-state index contributed by atoms with van der Waals surface area (Å²) in [5, 5.41) is 11.2. The van der Waals surface area contributed by atoms with Crippen molar-refractivity contribution in [2.24, 2.45) is 11.7 Å². The Morgan fingerprint density at radius 3 is 2.45 bits per heavy atom. The predicted octanol–water partition coefficient (Wildman–Crippen LogP) is -0.617. The van der Waals surface area contributed by atoms with Gasteiger partial charge in [0.15, 0.2) is 0 Å². The number of amides is 3. The third kappa shape index (κ3) is 5.04. The molecule has 1 rings (SSSR count). The van der Waals surface area contributed by atoms with Gasteiger partial charge in [-0.05, 0) is 18.8 Å². The number of hydrogen-bond donors (Lipinski definition) is 3. The average molecular weight is 287 g/mol. The first-order valence-corrected chi connectivity index (χ1v) is 6.49. The Bertz CT molecular complexity index is 366. The summed E-state index contributed by atoms with van der Waals surface area (Å²) in [4.78, 5) is 35.2. The predicted molar refractivity (Wildman–Crippen MR) is 69.9 cm³/mol. The Kier molecular flexibility index (Phi) is 6.23. The zero-order valence-corrected chi connectivity index (χ0v) is 11.5. The number of likely N-dealkylation sites (tertiary alicyclic amines) is 1. The molecule has 0 aromatic heterocycles. The number of carboxylic acids is 1. The van der Waals surface area contributed by atoms with Crippen LogP contribution >= 0.6 is 0 Å². The number of carbonyl (C=O) groups excluding carboxylic acids is 2.